The number of rotatable bonds is 5. The molecule has 0 saturated carbocycles. The summed E-state index contributed by atoms with van der Waals surface area (Å²) in [6.07, 6.45) is 1.66. The predicted octanol–water partition coefficient (Wildman–Crippen LogP) is 4.82. The van der Waals surface area contributed by atoms with E-state index in [-0.39, 0.29) is 11.8 Å². The summed E-state index contributed by atoms with van der Waals surface area (Å²) in [7, 11) is 0. The fourth-order valence-corrected chi connectivity index (χ4v) is 4.37. The molecule has 3 aromatic rings. The Labute approximate surface area is 183 Å². The van der Waals surface area contributed by atoms with Gasteiger partial charge in [0.25, 0.3) is 0 Å². The van der Waals surface area contributed by atoms with Crippen molar-refractivity contribution in [2.75, 3.05) is 18.4 Å². The molecule has 1 amide bonds. The van der Waals surface area contributed by atoms with Gasteiger partial charge < -0.3 is 9.84 Å². The first-order valence-corrected chi connectivity index (χ1v) is 10.9. The van der Waals surface area contributed by atoms with E-state index in [0.717, 1.165) is 48.3 Å². The lowest BCUT2D eigenvalue weighted by Crippen LogP contribution is -2.38. The van der Waals surface area contributed by atoms with E-state index in [0.29, 0.717) is 18.3 Å². The van der Waals surface area contributed by atoms with Crippen molar-refractivity contribution in [3.63, 3.8) is 0 Å². The highest BCUT2D eigenvalue weighted by molar-refractivity contribution is 5.94. The smallest absolute Gasteiger partial charge is 0.241 e. The maximum absolute atomic E-state index is 12.8. The number of carbonyl (C=O) groups is 1. The van der Waals surface area contributed by atoms with Crippen LogP contribution in [0.25, 0.3) is 11.4 Å². The van der Waals surface area contributed by atoms with Crippen molar-refractivity contribution < 1.29 is 9.32 Å². The molecule has 0 unspecified atom stereocenters. The molecule has 0 radical (unpaired) electrons. The van der Waals surface area contributed by atoms with Gasteiger partial charge in [-0.2, -0.15) is 4.98 Å². The maximum Gasteiger partial charge on any atom is 0.241 e. The van der Waals surface area contributed by atoms with Crippen LogP contribution in [0.2, 0.25) is 0 Å². The molecule has 0 atom stereocenters. The number of aryl methyl sites for hydroxylation is 4. The zero-order valence-corrected chi connectivity index (χ0v) is 18.7. The van der Waals surface area contributed by atoms with Crippen molar-refractivity contribution in [1.29, 1.82) is 0 Å². The Morgan fingerprint density at radius 1 is 1.06 bits per heavy atom. The summed E-state index contributed by atoms with van der Waals surface area (Å²) < 4.78 is 5.47. The van der Waals surface area contributed by atoms with Crippen molar-refractivity contribution in [3.8, 4) is 11.4 Å². The number of nitrogens with zero attached hydrogens (tertiary/aromatic N) is 3. The molecule has 1 aliphatic rings. The van der Waals surface area contributed by atoms with Crippen LogP contribution in [0, 0.1) is 33.6 Å². The lowest BCUT2D eigenvalue weighted by atomic mass is 9.95. The standard InChI is InChI=1S/C25H30N4O2/c1-16-6-5-7-21(14-16)24-26-22(31-28-24)15-29-10-8-20(9-11-29)25(30)27-23-18(3)12-17(2)13-19(23)4/h5-7,12-14,20H,8-11,15H2,1-4H3,(H,27,30). The second kappa shape index (κ2) is 9.02. The number of carbonyl (C=O) groups excluding carboxylic acids is 1. The Bertz CT molecular complexity index is 1060. The summed E-state index contributed by atoms with van der Waals surface area (Å²) in [4.78, 5) is 19.7. The number of hydrogen-bond donors (Lipinski definition) is 1. The van der Waals surface area contributed by atoms with Gasteiger partial charge in [0, 0.05) is 17.2 Å². The van der Waals surface area contributed by atoms with Gasteiger partial charge in [0.05, 0.1) is 6.54 Å². The molecule has 2 aromatic carbocycles. The summed E-state index contributed by atoms with van der Waals surface area (Å²) >= 11 is 0. The zero-order valence-electron chi connectivity index (χ0n) is 18.7. The Morgan fingerprint density at radius 3 is 2.45 bits per heavy atom. The second-order valence-corrected chi connectivity index (χ2v) is 8.69. The Kier molecular flexibility index (Phi) is 6.18. The molecule has 162 valence electrons. The van der Waals surface area contributed by atoms with Crippen LogP contribution < -0.4 is 5.32 Å². The number of piperidine rings is 1. The molecule has 1 aromatic heterocycles. The molecule has 1 fully saturated rings. The first kappa shape index (κ1) is 21.2. The van der Waals surface area contributed by atoms with Crippen molar-refractivity contribution in [2.45, 2.75) is 47.1 Å². The van der Waals surface area contributed by atoms with Crippen LogP contribution in [0.5, 0.6) is 0 Å². The van der Waals surface area contributed by atoms with Gasteiger partial charge in [-0.1, -0.05) is 46.6 Å². The van der Waals surface area contributed by atoms with Crippen molar-refractivity contribution in [2.24, 2.45) is 5.92 Å². The molecule has 0 bridgehead atoms. The third kappa shape index (κ3) is 5.02. The van der Waals surface area contributed by atoms with Crippen LogP contribution in [0.1, 0.15) is 41.0 Å². The van der Waals surface area contributed by atoms with Crippen LogP contribution in [-0.2, 0) is 11.3 Å². The molecule has 1 saturated heterocycles. The van der Waals surface area contributed by atoms with E-state index < -0.39 is 0 Å². The number of benzene rings is 2. The van der Waals surface area contributed by atoms with Crippen LogP contribution in [-0.4, -0.2) is 34.0 Å². The van der Waals surface area contributed by atoms with Gasteiger partial charge >= 0.3 is 0 Å². The molecule has 4 rings (SSSR count). The summed E-state index contributed by atoms with van der Waals surface area (Å²) in [5, 5.41) is 7.30. The third-order valence-electron chi connectivity index (χ3n) is 5.99. The van der Waals surface area contributed by atoms with Gasteiger partial charge in [-0.05, 0) is 70.8 Å². The van der Waals surface area contributed by atoms with Gasteiger partial charge in [0.15, 0.2) is 0 Å². The average molecular weight is 419 g/mol. The molecule has 6 heteroatoms. The normalized spacial score (nSPS) is 15.2. The van der Waals surface area contributed by atoms with Crippen LogP contribution in [0.3, 0.4) is 0 Å². The fourth-order valence-electron chi connectivity index (χ4n) is 4.37. The maximum atomic E-state index is 12.8. The molecule has 1 N–H and O–H groups in total. The van der Waals surface area contributed by atoms with E-state index >= 15 is 0 Å². The molecule has 31 heavy (non-hydrogen) atoms. The Balaban J connectivity index is 1.32. The van der Waals surface area contributed by atoms with E-state index in [1.165, 1.54) is 11.1 Å². The predicted molar refractivity (Wildman–Crippen MR) is 122 cm³/mol. The largest absolute Gasteiger partial charge is 0.338 e. The number of anilines is 1. The Morgan fingerprint density at radius 2 is 1.77 bits per heavy atom. The van der Waals surface area contributed by atoms with Gasteiger partial charge in [0.2, 0.25) is 17.6 Å². The van der Waals surface area contributed by atoms with E-state index in [1.54, 1.807) is 0 Å². The molecule has 0 aliphatic carbocycles. The molecule has 6 nitrogen and oxygen atoms in total. The highest BCUT2D eigenvalue weighted by atomic mass is 16.5. The molecule has 1 aliphatic heterocycles. The second-order valence-electron chi connectivity index (χ2n) is 8.69. The number of nitrogens with one attached hydrogen (secondary N) is 1. The van der Waals surface area contributed by atoms with Crippen molar-refractivity contribution >= 4 is 11.6 Å². The topological polar surface area (TPSA) is 71.3 Å². The SMILES string of the molecule is Cc1cccc(-c2noc(CN3CCC(C(=O)Nc4c(C)cc(C)cc4C)CC3)n2)c1. The van der Waals surface area contributed by atoms with Crippen LogP contribution in [0.4, 0.5) is 5.69 Å². The summed E-state index contributed by atoms with van der Waals surface area (Å²) in [5.41, 5.74) is 6.53. The highest BCUT2D eigenvalue weighted by Gasteiger charge is 2.26. The van der Waals surface area contributed by atoms with E-state index in [2.05, 4.69) is 45.5 Å². The van der Waals surface area contributed by atoms with Crippen LogP contribution in [0.15, 0.2) is 40.9 Å². The molecule has 2 heterocycles. The molecular weight excluding hydrogens is 388 g/mol. The van der Waals surface area contributed by atoms with Crippen molar-refractivity contribution in [1.82, 2.24) is 15.0 Å². The summed E-state index contributed by atoms with van der Waals surface area (Å²) in [6, 6.07) is 12.3. The summed E-state index contributed by atoms with van der Waals surface area (Å²) in [5.74, 6) is 1.39. The number of aromatic nitrogens is 2. The number of likely N-dealkylation sites (tertiary alicyclic amines) is 1. The van der Waals surface area contributed by atoms with Gasteiger partial charge in [0.1, 0.15) is 0 Å². The van der Waals surface area contributed by atoms with Gasteiger partial charge in [-0.15, -0.1) is 0 Å². The molecular formula is C25H30N4O2. The minimum Gasteiger partial charge on any atom is -0.338 e. The monoisotopic (exact) mass is 418 g/mol. The van der Waals surface area contributed by atoms with E-state index in [1.807, 2.05) is 39.0 Å². The lowest BCUT2D eigenvalue weighted by Gasteiger charge is -2.30. The minimum atomic E-state index is 0.0295. The van der Waals surface area contributed by atoms with Gasteiger partial charge in [-0.25, -0.2) is 0 Å². The number of amides is 1. The average Bonchev–Trinajstić information content (AvgIpc) is 3.19. The van der Waals surface area contributed by atoms with E-state index in [9.17, 15) is 4.79 Å². The third-order valence-corrected chi connectivity index (χ3v) is 5.99. The fraction of sp³-hybridized carbons (Fsp3) is 0.400. The highest BCUT2D eigenvalue weighted by Crippen LogP contribution is 2.26. The zero-order chi connectivity index (χ0) is 22.0. The lowest BCUT2D eigenvalue weighted by molar-refractivity contribution is -0.121. The first-order valence-electron chi connectivity index (χ1n) is 10.9. The Hall–Kier alpha value is -2.99. The number of hydrogen-bond acceptors (Lipinski definition) is 5. The minimum absolute atomic E-state index is 0.0295. The molecule has 0 spiro atoms. The first-order chi connectivity index (χ1) is 14.9. The van der Waals surface area contributed by atoms with Crippen LogP contribution >= 0.6 is 0 Å². The van der Waals surface area contributed by atoms with Gasteiger partial charge in [-0.3, -0.25) is 9.69 Å². The van der Waals surface area contributed by atoms with E-state index in [4.69, 9.17) is 4.52 Å². The van der Waals surface area contributed by atoms with Crippen molar-refractivity contribution in [3.05, 3.63) is 64.5 Å². The quantitative estimate of drug-likeness (QED) is 0.643. The summed E-state index contributed by atoms with van der Waals surface area (Å²) in [6.45, 7) is 10.5.